The average Bonchev–Trinajstić information content (AvgIpc) is 3.48. The molecule has 0 aliphatic carbocycles. The van der Waals surface area contributed by atoms with Gasteiger partial charge in [-0.1, -0.05) is 51.1 Å². The van der Waals surface area contributed by atoms with E-state index in [0.29, 0.717) is 18.7 Å². The predicted octanol–water partition coefficient (Wildman–Crippen LogP) is 5.94. The van der Waals surface area contributed by atoms with E-state index in [-0.39, 0.29) is 23.6 Å². The normalized spacial score (nSPS) is 20.1. The van der Waals surface area contributed by atoms with E-state index in [1.54, 1.807) is 0 Å². The molecule has 2 fully saturated rings. The third kappa shape index (κ3) is 4.09. The molecule has 184 valence electrons. The van der Waals surface area contributed by atoms with E-state index in [4.69, 9.17) is 4.74 Å². The van der Waals surface area contributed by atoms with Crippen LogP contribution in [-0.2, 0) is 10.2 Å². The van der Waals surface area contributed by atoms with E-state index >= 15 is 0 Å². The summed E-state index contributed by atoms with van der Waals surface area (Å²) in [6, 6.07) is 16.9. The molecular weight excluding hydrogens is 438 g/mol. The van der Waals surface area contributed by atoms with Gasteiger partial charge in [0, 0.05) is 24.2 Å². The molecule has 35 heavy (non-hydrogen) atoms. The molecule has 2 aliphatic heterocycles. The van der Waals surface area contributed by atoms with Crippen LogP contribution >= 0.6 is 0 Å². The number of ether oxygens (including phenoxy) is 1. The first kappa shape index (κ1) is 23.5. The second-order valence-electron chi connectivity index (χ2n) is 11.8. The van der Waals surface area contributed by atoms with Crippen LogP contribution in [0.5, 0.6) is 0 Å². The monoisotopic (exact) mass is 473 g/mol. The van der Waals surface area contributed by atoms with E-state index in [9.17, 15) is 9.59 Å². The molecule has 5 rings (SSSR count). The zero-order chi connectivity index (χ0) is 25.1. The fourth-order valence-electron chi connectivity index (χ4n) is 5.49. The highest BCUT2D eigenvalue weighted by Crippen LogP contribution is 2.42. The van der Waals surface area contributed by atoms with Crippen molar-refractivity contribution in [1.29, 1.82) is 0 Å². The van der Waals surface area contributed by atoms with Gasteiger partial charge in [-0.05, 0) is 56.4 Å². The van der Waals surface area contributed by atoms with Gasteiger partial charge in [0.05, 0.1) is 23.2 Å². The van der Waals surface area contributed by atoms with Crippen molar-refractivity contribution in [3.8, 4) is 5.69 Å². The van der Waals surface area contributed by atoms with Gasteiger partial charge in [0.2, 0.25) is 0 Å². The van der Waals surface area contributed by atoms with Gasteiger partial charge < -0.3 is 14.5 Å². The van der Waals surface area contributed by atoms with Crippen molar-refractivity contribution in [3.05, 3.63) is 59.7 Å². The number of benzene rings is 2. The Bertz CT molecular complexity index is 1280. The zero-order valence-corrected chi connectivity index (χ0v) is 21.5. The molecule has 3 aromatic rings. The van der Waals surface area contributed by atoms with Crippen molar-refractivity contribution in [2.45, 2.75) is 71.1 Å². The summed E-state index contributed by atoms with van der Waals surface area (Å²) in [5.74, 6) is 0.918. The fraction of sp³-hybridized carbons (Fsp3) is 0.448. The number of carbonyl (C=O) groups is 2. The van der Waals surface area contributed by atoms with Crippen molar-refractivity contribution in [3.63, 3.8) is 0 Å². The van der Waals surface area contributed by atoms with Crippen LogP contribution in [0, 0.1) is 0 Å². The molecule has 2 aromatic carbocycles. The Morgan fingerprint density at radius 1 is 0.943 bits per heavy atom. The maximum Gasteiger partial charge on any atom is 0.410 e. The summed E-state index contributed by atoms with van der Waals surface area (Å²) in [5, 5.41) is 0.948. The molecule has 2 aliphatic rings. The van der Waals surface area contributed by atoms with Gasteiger partial charge in [0.15, 0.2) is 6.29 Å². The van der Waals surface area contributed by atoms with Crippen LogP contribution in [0.4, 0.5) is 10.6 Å². The summed E-state index contributed by atoms with van der Waals surface area (Å²) >= 11 is 0. The summed E-state index contributed by atoms with van der Waals surface area (Å²) in [6.07, 6.45) is 1.61. The number of hydrogen-bond acceptors (Lipinski definition) is 4. The minimum absolute atomic E-state index is 0.0628. The number of piperazine rings is 1. The molecule has 6 nitrogen and oxygen atoms in total. The van der Waals surface area contributed by atoms with Gasteiger partial charge in [-0.15, -0.1) is 0 Å². The fourth-order valence-corrected chi connectivity index (χ4v) is 5.49. The lowest BCUT2D eigenvalue weighted by atomic mass is 9.87. The first-order valence-electron chi connectivity index (χ1n) is 12.4. The maximum atomic E-state index is 12.8. The highest BCUT2D eigenvalue weighted by atomic mass is 16.6. The van der Waals surface area contributed by atoms with Crippen LogP contribution < -0.4 is 4.90 Å². The number of aldehydes is 1. The van der Waals surface area contributed by atoms with Crippen LogP contribution in [0.2, 0.25) is 0 Å². The van der Waals surface area contributed by atoms with Gasteiger partial charge in [-0.2, -0.15) is 0 Å². The molecule has 0 N–H and O–H groups in total. The summed E-state index contributed by atoms with van der Waals surface area (Å²) in [6.45, 7) is 13.6. The van der Waals surface area contributed by atoms with Crippen LogP contribution in [0.3, 0.4) is 0 Å². The quantitative estimate of drug-likeness (QED) is 0.442. The lowest BCUT2D eigenvalue weighted by molar-refractivity contribution is 0.0214. The zero-order valence-electron chi connectivity index (χ0n) is 21.5. The number of likely N-dealkylation sites (tertiary alicyclic amines) is 1. The summed E-state index contributed by atoms with van der Waals surface area (Å²) in [5.41, 5.74) is 3.56. The first-order valence-corrected chi connectivity index (χ1v) is 12.4. The number of hydrogen-bond donors (Lipinski definition) is 0. The number of fused-ring (bicyclic) bond motifs is 3. The highest BCUT2D eigenvalue weighted by Gasteiger charge is 2.48. The molecule has 1 amide bonds. The summed E-state index contributed by atoms with van der Waals surface area (Å²) < 4.78 is 7.86. The Morgan fingerprint density at radius 3 is 2.20 bits per heavy atom. The molecule has 0 saturated carbocycles. The Balaban J connectivity index is 1.56. The molecule has 2 saturated heterocycles. The average molecular weight is 474 g/mol. The van der Waals surface area contributed by atoms with Gasteiger partial charge in [-0.3, -0.25) is 9.36 Å². The summed E-state index contributed by atoms with van der Waals surface area (Å²) in [4.78, 5) is 29.4. The number of aromatic nitrogens is 1. The molecule has 2 atom stereocenters. The number of amides is 1. The van der Waals surface area contributed by atoms with E-state index in [1.165, 1.54) is 5.56 Å². The van der Waals surface area contributed by atoms with Crippen molar-refractivity contribution >= 4 is 29.1 Å². The van der Waals surface area contributed by atoms with Gasteiger partial charge >= 0.3 is 6.09 Å². The number of anilines is 1. The minimum atomic E-state index is -0.519. The topological polar surface area (TPSA) is 54.8 Å². The molecule has 1 aromatic heterocycles. The van der Waals surface area contributed by atoms with E-state index in [1.807, 2.05) is 43.9 Å². The van der Waals surface area contributed by atoms with Gasteiger partial charge in [0.25, 0.3) is 0 Å². The van der Waals surface area contributed by atoms with E-state index < -0.39 is 5.60 Å². The second kappa shape index (κ2) is 8.14. The first-order chi connectivity index (χ1) is 16.5. The SMILES string of the molecule is CC(C)(C)OC(=O)N1CC2CC1CN2c1c(C=O)c2ccccc2n1-c1ccc(C(C)(C)C)cc1. The smallest absolute Gasteiger partial charge is 0.410 e. The van der Waals surface area contributed by atoms with E-state index in [0.717, 1.165) is 35.1 Å². The Kier molecular flexibility index (Phi) is 5.46. The molecular formula is C29H35N3O3. The molecule has 3 heterocycles. The Hall–Kier alpha value is -3.28. The summed E-state index contributed by atoms with van der Waals surface area (Å²) in [7, 11) is 0. The lowest BCUT2D eigenvalue weighted by Gasteiger charge is -2.37. The molecule has 0 radical (unpaired) electrons. The third-order valence-electron chi connectivity index (χ3n) is 7.14. The number of carbonyl (C=O) groups excluding carboxylic acids is 2. The molecule has 2 bridgehead atoms. The van der Waals surface area contributed by atoms with Crippen LogP contribution in [0.15, 0.2) is 48.5 Å². The highest BCUT2D eigenvalue weighted by molar-refractivity contribution is 6.05. The second-order valence-corrected chi connectivity index (χ2v) is 11.8. The minimum Gasteiger partial charge on any atom is -0.444 e. The Morgan fingerprint density at radius 2 is 1.63 bits per heavy atom. The Labute approximate surface area is 207 Å². The van der Waals surface area contributed by atoms with Crippen LogP contribution in [-0.4, -0.2) is 52.6 Å². The van der Waals surface area contributed by atoms with Crippen LogP contribution in [0.25, 0.3) is 16.6 Å². The number of rotatable bonds is 3. The van der Waals surface area contributed by atoms with Crippen molar-refractivity contribution in [2.24, 2.45) is 0 Å². The van der Waals surface area contributed by atoms with Crippen molar-refractivity contribution in [1.82, 2.24) is 9.47 Å². The predicted molar refractivity (Wildman–Crippen MR) is 140 cm³/mol. The largest absolute Gasteiger partial charge is 0.444 e. The standard InChI is InChI=1S/C29H35N3O3/c1-28(2,3)19-11-13-20(14-12-19)32-25-10-8-7-9-23(25)24(18-33)26(32)30-16-22-15-21(30)17-31(22)27(34)35-29(4,5)6/h7-14,18,21-22H,15-17H2,1-6H3. The van der Waals surface area contributed by atoms with Gasteiger partial charge in [-0.25, -0.2) is 4.79 Å². The lowest BCUT2D eigenvalue weighted by Crippen LogP contribution is -2.50. The molecule has 0 spiro atoms. The van der Waals surface area contributed by atoms with Gasteiger partial charge in [0.1, 0.15) is 11.4 Å². The number of para-hydroxylation sites is 1. The molecule has 6 heteroatoms. The molecule has 2 unspecified atom stereocenters. The van der Waals surface area contributed by atoms with Crippen molar-refractivity contribution in [2.75, 3.05) is 18.0 Å². The maximum absolute atomic E-state index is 12.8. The van der Waals surface area contributed by atoms with Crippen LogP contribution in [0.1, 0.15) is 63.9 Å². The van der Waals surface area contributed by atoms with E-state index in [2.05, 4.69) is 60.6 Å². The third-order valence-corrected chi connectivity index (χ3v) is 7.14. The van der Waals surface area contributed by atoms with Crippen molar-refractivity contribution < 1.29 is 14.3 Å². The number of nitrogens with zero attached hydrogens (tertiary/aromatic N) is 3.